The number of ether oxygens (including phenoxy) is 1. The summed E-state index contributed by atoms with van der Waals surface area (Å²) < 4.78 is 10.2. The molecule has 21 heavy (non-hydrogen) atoms. The van der Waals surface area contributed by atoms with Gasteiger partial charge in [-0.25, -0.2) is 0 Å². The summed E-state index contributed by atoms with van der Waals surface area (Å²) in [5.74, 6) is 1.41. The van der Waals surface area contributed by atoms with E-state index >= 15 is 0 Å². The number of likely N-dealkylation sites (tertiary alicyclic amines) is 1. The molecule has 2 aromatic rings. The average molecular weight is 286 g/mol. The summed E-state index contributed by atoms with van der Waals surface area (Å²) >= 11 is 0. The van der Waals surface area contributed by atoms with Crippen molar-refractivity contribution in [2.24, 2.45) is 0 Å². The molecule has 0 N–H and O–H groups in total. The summed E-state index contributed by atoms with van der Waals surface area (Å²) in [6.07, 6.45) is 1.97. The van der Waals surface area contributed by atoms with Gasteiger partial charge in [-0.1, -0.05) is 17.3 Å². The third kappa shape index (κ3) is 2.63. The SMILES string of the molecule is COc1ccc([C@@H]2CCCN2C(=O)c2cc(C)on2)cc1. The molecule has 1 aromatic heterocycles. The molecule has 0 saturated carbocycles. The largest absolute Gasteiger partial charge is 0.497 e. The topological polar surface area (TPSA) is 55.6 Å². The molecule has 5 nitrogen and oxygen atoms in total. The van der Waals surface area contributed by atoms with Crippen LogP contribution in [0.5, 0.6) is 5.75 Å². The minimum atomic E-state index is -0.0647. The van der Waals surface area contributed by atoms with Gasteiger partial charge in [0.05, 0.1) is 13.2 Å². The van der Waals surface area contributed by atoms with Crippen LogP contribution in [0.15, 0.2) is 34.9 Å². The van der Waals surface area contributed by atoms with Gasteiger partial charge in [0.15, 0.2) is 5.69 Å². The molecule has 1 aliphatic heterocycles. The molecule has 1 saturated heterocycles. The molecule has 0 spiro atoms. The number of aryl methyl sites for hydroxylation is 1. The fourth-order valence-corrected chi connectivity index (χ4v) is 2.80. The van der Waals surface area contributed by atoms with Gasteiger partial charge < -0.3 is 14.2 Å². The number of methoxy groups -OCH3 is 1. The van der Waals surface area contributed by atoms with Crippen molar-refractivity contribution in [3.8, 4) is 5.75 Å². The maximum atomic E-state index is 12.5. The lowest BCUT2D eigenvalue weighted by Crippen LogP contribution is -2.30. The summed E-state index contributed by atoms with van der Waals surface area (Å²) in [4.78, 5) is 14.4. The molecule has 0 aliphatic carbocycles. The zero-order valence-electron chi connectivity index (χ0n) is 12.2. The second kappa shape index (κ2) is 5.60. The zero-order valence-corrected chi connectivity index (χ0v) is 12.2. The number of aromatic nitrogens is 1. The Morgan fingerprint density at radius 1 is 1.38 bits per heavy atom. The second-order valence-electron chi connectivity index (χ2n) is 5.25. The summed E-state index contributed by atoms with van der Waals surface area (Å²) in [5, 5.41) is 3.83. The van der Waals surface area contributed by atoms with E-state index in [4.69, 9.17) is 9.26 Å². The Bertz CT molecular complexity index is 633. The van der Waals surface area contributed by atoms with Crippen LogP contribution in [0.4, 0.5) is 0 Å². The Hall–Kier alpha value is -2.30. The van der Waals surface area contributed by atoms with Crippen molar-refractivity contribution in [3.05, 3.63) is 47.3 Å². The smallest absolute Gasteiger partial charge is 0.276 e. The predicted molar refractivity (Wildman–Crippen MR) is 77.2 cm³/mol. The molecule has 0 unspecified atom stereocenters. The lowest BCUT2D eigenvalue weighted by Gasteiger charge is -2.24. The van der Waals surface area contributed by atoms with E-state index in [0.29, 0.717) is 11.5 Å². The molecule has 5 heteroatoms. The Morgan fingerprint density at radius 2 is 2.14 bits per heavy atom. The van der Waals surface area contributed by atoms with E-state index in [-0.39, 0.29) is 11.9 Å². The number of hydrogen-bond donors (Lipinski definition) is 0. The minimum absolute atomic E-state index is 0.0647. The summed E-state index contributed by atoms with van der Waals surface area (Å²) in [6, 6.07) is 9.67. The molecule has 1 aromatic carbocycles. The predicted octanol–water partition coefficient (Wildman–Crippen LogP) is 2.97. The molecule has 0 radical (unpaired) electrons. The first kappa shape index (κ1) is 13.7. The molecule has 1 amide bonds. The maximum Gasteiger partial charge on any atom is 0.276 e. The molecule has 1 aliphatic rings. The van der Waals surface area contributed by atoms with Crippen LogP contribution in [0, 0.1) is 6.92 Å². The Morgan fingerprint density at radius 3 is 2.76 bits per heavy atom. The minimum Gasteiger partial charge on any atom is -0.497 e. The van der Waals surface area contributed by atoms with Crippen molar-refractivity contribution in [1.29, 1.82) is 0 Å². The van der Waals surface area contributed by atoms with Gasteiger partial charge in [-0.15, -0.1) is 0 Å². The van der Waals surface area contributed by atoms with Crippen molar-refractivity contribution >= 4 is 5.91 Å². The number of amides is 1. The van der Waals surface area contributed by atoms with Gasteiger partial charge in [0, 0.05) is 12.6 Å². The molecular weight excluding hydrogens is 268 g/mol. The normalized spacial score (nSPS) is 18.0. The van der Waals surface area contributed by atoms with Crippen LogP contribution in [0.1, 0.15) is 40.7 Å². The van der Waals surface area contributed by atoms with Gasteiger partial charge in [0.25, 0.3) is 5.91 Å². The van der Waals surface area contributed by atoms with Crippen LogP contribution < -0.4 is 4.74 Å². The lowest BCUT2D eigenvalue weighted by atomic mass is 10.0. The Kier molecular flexibility index (Phi) is 3.64. The number of nitrogens with zero attached hydrogens (tertiary/aromatic N) is 2. The highest BCUT2D eigenvalue weighted by Gasteiger charge is 2.31. The Balaban J connectivity index is 1.83. The number of carbonyl (C=O) groups is 1. The first-order chi connectivity index (χ1) is 10.2. The van der Waals surface area contributed by atoms with E-state index in [1.165, 1.54) is 0 Å². The number of carbonyl (C=O) groups excluding carboxylic acids is 1. The van der Waals surface area contributed by atoms with E-state index < -0.39 is 0 Å². The monoisotopic (exact) mass is 286 g/mol. The Labute approximate surface area is 123 Å². The third-order valence-corrected chi connectivity index (χ3v) is 3.86. The average Bonchev–Trinajstić information content (AvgIpc) is 3.15. The van der Waals surface area contributed by atoms with E-state index in [1.807, 2.05) is 29.2 Å². The maximum absolute atomic E-state index is 12.5. The van der Waals surface area contributed by atoms with E-state index in [0.717, 1.165) is 30.7 Å². The number of hydrogen-bond acceptors (Lipinski definition) is 4. The highest BCUT2D eigenvalue weighted by atomic mass is 16.5. The second-order valence-corrected chi connectivity index (χ2v) is 5.25. The standard InChI is InChI=1S/C16H18N2O3/c1-11-10-14(17-21-11)16(19)18-9-3-4-15(18)12-5-7-13(20-2)8-6-12/h5-8,10,15H,3-4,9H2,1-2H3/t15-/m0/s1. The fraction of sp³-hybridized carbons (Fsp3) is 0.375. The van der Waals surface area contributed by atoms with Crippen LogP contribution in [0.3, 0.4) is 0 Å². The van der Waals surface area contributed by atoms with E-state index in [1.54, 1.807) is 20.1 Å². The molecule has 1 fully saturated rings. The highest BCUT2D eigenvalue weighted by molar-refractivity contribution is 5.92. The van der Waals surface area contributed by atoms with Gasteiger partial charge in [0.2, 0.25) is 0 Å². The van der Waals surface area contributed by atoms with Crippen LogP contribution in [-0.2, 0) is 0 Å². The van der Waals surface area contributed by atoms with Gasteiger partial charge in [-0.2, -0.15) is 0 Å². The fourth-order valence-electron chi connectivity index (χ4n) is 2.80. The number of benzene rings is 1. The summed E-state index contributed by atoms with van der Waals surface area (Å²) in [7, 11) is 1.65. The van der Waals surface area contributed by atoms with Gasteiger partial charge in [-0.3, -0.25) is 4.79 Å². The quantitative estimate of drug-likeness (QED) is 0.870. The van der Waals surface area contributed by atoms with Crippen molar-refractivity contribution < 1.29 is 14.1 Å². The van der Waals surface area contributed by atoms with Gasteiger partial charge in [-0.05, 0) is 37.5 Å². The summed E-state index contributed by atoms with van der Waals surface area (Å²) in [6.45, 7) is 2.54. The molecule has 0 bridgehead atoms. The summed E-state index contributed by atoms with van der Waals surface area (Å²) in [5.41, 5.74) is 1.51. The first-order valence-electron chi connectivity index (χ1n) is 7.07. The van der Waals surface area contributed by atoms with Crippen molar-refractivity contribution in [2.45, 2.75) is 25.8 Å². The molecule has 2 heterocycles. The van der Waals surface area contributed by atoms with Crippen molar-refractivity contribution in [1.82, 2.24) is 10.1 Å². The molecule has 110 valence electrons. The van der Waals surface area contributed by atoms with Crippen LogP contribution >= 0.6 is 0 Å². The van der Waals surface area contributed by atoms with Crippen LogP contribution in [0.25, 0.3) is 0 Å². The van der Waals surface area contributed by atoms with Crippen LogP contribution in [-0.4, -0.2) is 29.6 Å². The third-order valence-electron chi connectivity index (χ3n) is 3.86. The lowest BCUT2D eigenvalue weighted by molar-refractivity contribution is 0.0725. The van der Waals surface area contributed by atoms with Crippen molar-refractivity contribution in [3.63, 3.8) is 0 Å². The van der Waals surface area contributed by atoms with Gasteiger partial charge >= 0.3 is 0 Å². The van der Waals surface area contributed by atoms with Gasteiger partial charge in [0.1, 0.15) is 11.5 Å². The zero-order chi connectivity index (χ0) is 14.8. The molecular formula is C16H18N2O3. The van der Waals surface area contributed by atoms with E-state index in [9.17, 15) is 4.79 Å². The first-order valence-corrected chi connectivity index (χ1v) is 7.07. The van der Waals surface area contributed by atoms with E-state index in [2.05, 4.69) is 5.16 Å². The van der Waals surface area contributed by atoms with Crippen molar-refractivity contribution in [2.75, 3.05) is 13.7 Å². The molecule has 1 atom stereocenters. The van der Waals surface area contributed by atoms with Crippen LogP contribution in [0.2, 0.25) is 0 Å². The highest BCUT2D eigenvalue weighted by Crippen LogP contribution is 2.33. The molecule has 3 rings (SSSR count). The number of rotatable bonds is 3.